The quantitative estimate of drug-likeness (QED) is 0.699. The van der Waals surface area contributed by atoms with Crippen LogP contribution in [0.2, 0.25) is 0 Å². The third-order valence-electron chi connectivity index (χ3n) is 5.27. The standard InChI is InChI=1S/C15H25F3N2/c1-7-11-9-14(11,15(16,17)18)13(4,10(3)19-5)12(8-2)20-6/h11-12,20H,3,5,7-9H2,1-2,4,6H3. The van der Waals surface area contributed by atoms with E-state index in [1.807, 2.05) is 13.8 Å². The third kappa shape index (κ3) is 2.10. The molecule has 0 bridgehead atoms. The lowest BCUT2D eigenvalue weighted by molar-refractivity contribution is -0.225. The minimum atomic E-state index is -4.26. The van der Waals surface area contributed by atoms with Gasteiger partial charge in [-0.3, -0.25) is 4.99 Å². The molecule has 1 saturated carbocycles. The van der Waals surface area contributed by atoms with Gasteiger partial charge in [0.1, 0.15) is 0 Å². The Kier molecular flexibility index (Phi) is 4.74. The molecule has 1 rings (SSSR count). The van der Waals surface area contributed by atoms with E-state index in [2.05, 4.69) is 23.6 Å². The molecular weight excluding hydrogens is 265 g/mol. The Bertz CT molecular complexity index is 387. The number of nitrogens with zero attached hydrogens (tertiary/aromatic N) is 1. The molecule has 4 unspecified atom stereocenters. The van der Waals surface area contributed by atoms with Gasteiger partial charge in [-0.05, 0) is 32.5 Å². The summed E-state index contributed by atoms with van der Waals surface area (Å²) < 4.78 is 41.5. The van der Waals surface area contributed by atoms with Crippen molar-refractivity contribution in [1.29, 1.82) is 0 Å². The van der Waals surface area contributed by atoms with E-state index < -0.39 is 17.0 Å². The van der Waals surface area contributed by atoms with Gasteiger partial charge in [0, 0.05) is 17.2 Å². The summed E-state index contributed by atoms with van der Waals surface area (Å²) in [6.07, 6.45) is -3.02. The maximum absolute atomic E-state index is 13.8. The van der Waals surface area contributed by atoms with Gasteiger partial charge in [-0.25, -0.2) is 0 Å². The average molecular weight is 290 g/mol. The van der Waals surface area contributed by atoms with Gasteiger partial charge in [0.2, 0.25) is 0 Å². The van der Waals surface area contributed by atoms with Crippen LogP contribution in [0, 0.1) is 16.7 Å². The van der Waals surface area contributed by atoms with Crippen molar-refractivity contribution < 1.29 is 13.2 Å². The van der Waals surface area contributed by atoms with Crippen LogP contribution in [0.25, 0.3) is 0 Å². The summed E-state index contributed by atoms with van der Waals surface area (Å²) in [5.41, 5.74) is -2.68. The van der Waals surface area contributed by atoms with Gasteiger partial charge in [-0.15, -0.1) is 0 Å². The maximum Gasteiger partial charge on any atom is 0.395 e. The van der Waals surface area contributed by atoms with E-state index in [9.17, 15) is 13.2 Å². The summed E-state index contributed by atoms with van der Waals surface area (Å²) in [5.74, 6) is -0.367. The summed E-state index contributed by atoms with van der Waals surface area (Å²) in [6, 6.07) is -0.335. The van der Waals surface area contributed by atoms with Crippen LogP contribution in [0.1, 0.15) is 40.0 Å². The molecule has 20 heavy (non-hydrogen) atoms. The highest BCUT2D eigenvalue weighted by atomic mass is 19.4. The van der Waals surface area contributed by atoms with Gasteiger partial charge in [0.25, 0.3) is 0 Å². The van der Waals surface area contributed by atoms with Crippen LogP contribution in [0.3, 0.4) is 0 Å². The Hall–Kier alpha value is -0.840. The molecule has 116 valence electrons. The first-order valence-electron chi connectivity index (χ1n) is 7.07. The van der Waals surface area contributed by atoms with Crippen LogP contribution < -0.4 is 5.32 Å². The van der Waals surface area contributed by atoms with E-state index in [1.54, 1.807) is 14.0 Å². The number of alkyl halides is 3. The second-order valence-corrected chi connectivity index (χ2v) is 5.84. The smallest absolute Gasteiger partial charge is 0.316 e. The molecule has 2 nitrogen and oxygen atoms in total. The van der Waals surface area contributed by atoms with Crippen molar-refractivity contribution in [3.8, 4) is 0 Å². The molecule has 0 aromatic carbocycles. The van der Waals surface area contributed by atoms with Crippen LogP contribution in [0.4, 0.5) is 13.2 Å². The molecule has 0 heterocycles. The van der Waals surface area contributed by atoms with E-state index >= 15 is 0 Å². The summed E-state index contributed by atoms with van der Waals surface area (Å²) in [4.78, 5) is 3.78. The van der Waals surface area contributed by atoms with Crippen LogP contribution in [0.5, 0.6) is 0 Å². The number of hydrogen-bond acceptors (Lipinski definition) is 2. The monoisotopic (exact) mass is 290 g/mol. The van der Waals surface area contributed by atoms with E-state index in [-0.39, 0.29) is 24.1 Å². The van der Waals surface area contributed by atoms with Crippen molar-refractivity contribution in [2.24, 2.45) is 21.7 Å². The third-order valence-corrected chi connectivity index (χ3v) is 5.27. The van der Waals surface area contributed by atoms with E-state index in [0.29, 0.717) is 12.8 Å². The van der Waals surface area contributed by atoms with Gasteiger partial charge in [0.15, 0.2) is 0 Å². The molecule has 0 radical (unpaired) electrons. The summed E-state index contributed by atoms with van der Waals surface area (Å²) in [6.45, 7) is 12.5. The summed E-state index contributed by atoms with van der Waals surface area (Å²) in [5, 5.41) is 3.02. The summed E-state index contributed by atoms with van der Waals surface area (Å²) >= 11 is 0. The van der Waals surface area contributed by atoms with E-state index in [0.717, 1.165) is 0 Å². The normalized spacial score (nSPS) is 30.4. The van der Waals surface area contributed by atoms with Crippen molar-refractivity contribution in [3.63, 3.8) is 0 Å². The molecule has 1 N–H and O–H groups in total. The SMILES string of the molecule is C=NC(=C)C(C)(C(CC)NC)C1(C(F)(F)F)CC1CC. The predicted molar refractivity (Wildman–Crippen MR) is 76.8 cm³/mol. The number of rotatable bonds is 7. The van der Waals surface area contributed by atoms with Gasteiger partial charge < -0.3 is 5.32 Å². The van der Waals surface area contributed by atoms with Crippen molar-refractivity contribution in [3.05, 3.63) is 12.3 Å². The Morgan fingerprint density at radius 2 is 2.00 bits per heavy atom. The molecule has 0 saturated heterocycles. The Morgan fingerprint density at radius 1 is 1.45 bits per heavy atom. The molecule has 1 aliphatic rings. The van der Waals surface area contributed by atoms with Gasteiger partial charge in [-0.1, -0.05) is 33.8 Å². The predicted octanol–water partition coefficient (Wildman–Crippen LogP) is 4.18. The minimum absolute atomic E-state index is 0.149. The molecule has 5 heteroatoms. The fourth-order valence-corrected chi connectivity index (χ4v) is 3.93. The molecule has 0 aromatic rings. The maximum atomic E-state index is 13.8. The fraction of sp³-hybridized carbons (Fsp3) is 0.800. The Balaban J connectivity index is 3.44. The molecule has 0 aromatic heterocycles. The van der Waals surface area contributed by atoms with E-state index in [4.69, 9.17) is 0 Å². The molecule has 1 aliphatic carbocycles. The molecule has 4 atom stereocenters. The Labute approximate surface area is 119 Å². The van der Waals surface area contributed by atoms with Crippen molar-refractivity contribution in [2.75, 3.05) is 7.05 Å². The highest BCUT2D eigenvalue weighted by molar-refractivity contribution is 5.35. The first kappa shape index (κ1) is 17.2. The molecule has 1 fully saturated rings. The van der Waals surface area contributed by atoms with Crippen molar-refractivity contribution in [1.82, 2.24) is 5.32 Å². The first-order chi connectivity index (χ1) is 9.17. The average Bonchev–Trinajstić information content (AvgIpc) is 3.14. The van der Waals surface area contributed by atoms with Gasteiger partial charge in [-0.2, -0.15) is 13.2 Å². The molecule has 0 spiro atoms. The lowest BCUT2D eigenvalue weighted by Gasteiger charge is -2.45. The lowest BCUT2D eigenvalue weighted by Crippen LogP contribution is -2.54. The topological polar surface area (TPSA) is 24.4 Å². The van der Waals surface area contributed by atoms with E-state index in [1.165, 1.54) is 0 Å². The number of hydrogen-bond donors (Lipinski definition) is 1. The molecule has 0 aliphatic heterocycles. The van der Waals surface area contributed by atoms with Gasteiger partial charge in [0.05, 0.1) is 5.41 Å². The largest absolute Gasteiger partial charge is 0.395 e. The molecular formula is C15H25F3N2. The van der Waals surface area contributed by atoms with Crippen LogP contribution in [-0.4, -0.2) is 26.0 Å². The highest BCUT2D eigenvalue weighted by Crippen LogP contribution is 2.74. The number of aliphatic imine (C=N–C) groups is 1. The summed E-state index contributed by atoms with van der Waals surface area (Å²) in [7, 11) is 1.69. The fourth-order valence-electron chi connectivity index (χ4n) is 3.93. The highest BCUT2D eigenvalue weighted by Gasteiger charge is 2.78. The Morgan fingerprint density at radius 3 is 2.25 bits per heavy atom. The zero-order valence-corrected chi connectivity index (χ0v) is 12.8. The van der Waals surface area contributed by atoms with Crippen molar-refractivity contribution >= 4 is 6.72 Å². The van der Waals surface area contributed by atoms with Gasteiger partial charge >= 0.3 is 6.18 Å². The number of halogens is 3. The van der Waals surface area contributed by atoms with Crippen LogP contribution in [0.15, 0.2) is 17.3 Å². The number of nitrogens with one attached hydrogen (secondary N) is 1. The first-order valence-corrected chi connectivity index (χ1v) is 7.07. The minimum Gasteiger partial charge on any atom is -0.316 e. The van der Waals surface area contributed by atoms with Crippen LogP contribution >= 0.6 is 0 Å². The zero-order valence-electron chi connectivity index (χ0n) is 12.8. The second-order valence-electron chi connectivity index (χ2n) is 5.84. The second kappa shape index (κ2) is 5.51. The van der Waals surface area contributed by atoms with Crippen LogP contribution in [-0.2, 0) is 0 Å². The lowest BCUT2D eigenvalue weighted by atomic mass is 9.64. The zero-order chi connectivity index (χ0) is 15.8. The van der Waals surface area contributed by atoms with Crippen molar-refractivity contribution in [2.45, 2.75) is 52.3 Å². The molecule has 0 amide bonds.